The van der Waals surface area contributed by atoms with Gasteiger partial charge in [0.25, 0.3) is 0 Å². The molecule has 2 heteroatoms. The van der Waals surface area contributed by atoms with Gasteiger partial charge in [-0.15, -0.1) is 0 Å². The molecule has 15 heavy (non-hydrogen) atoms. The lowest BCUT2D eigenvalue weighted by atomic mass is 10.1. The minimum Gasteiger partial charge on any atom is -0.347 e. The highest BCUT2D eigenvalue weighted by atomic mass is 16.7. The van der Waals surface area contributed by atoms with Crippen LogP contribution in [0.25, 0.3) is 0 Å². The van der Waals surface area contributed by atoms with E-state index in [4.69, 9.17) is 9.47 Å². The molecule has 0 aliphatic carbocycles. The fraction of sp³-hybridized carbons (Fsp3) is 1.00. The number of ether oxygens (including phenoxy) is 2. The zero-order chi connectivity index (χ0) is 11.1. The summed E-state index contributed by atoms with van der Waals surface area (Å²) in [6.07, 6.45) is 9.71. The van der Waals surface area contributed by atoms with E-state index >= 15 is 0 Å². The molecule has 1 aliphatic rings. The third-order valence-electron chi connectivity index (χ3n) is 3.19. The van der Waals surface area contributed by atoms with Crippen LogP contribution in [0.1, 0.15) is 65.7 Å². The van der Waals surface area contributed by atoms with E-state index in [1.54, 1.807) is 0 Å². The second kappa shape index (κ2) is 7.24. The summed E-state index contributed by atoms with van der Waals surface area (Å²) in [5.74, 6) is 0. The van der Waals surface area contributed by atoms with Gasteiger partial charge in [-0.25, -0.2) is 0 Å². The van der Waals surface area contributed by atoms with Crippen LogP contribution in [0.5, 0.6) is 0 Å². The number of hydrogen-bond acceptors (Lipinski definition) is 2. The highest BCUT2D eigenvalue weighted by Crippen LogP contribution is 2.22. The topological polar surface area (TPSA) is 18.5 Å². The Morgan fingerprint density at radius 1 is 0.800 bits per heavy atom. The van der Waals surface area contributed by atoms with E-state index < -0.39 is 0 Å². The largest absolute Gasteiger partial charge is 0.347 e. The molecule has 0 amide bonds. The van der Waals surface area contributed by atoms with Crippen LogP contribution in [-0.2, 0) is 9.47 Å². The molecule has 1 fully saturated rings. The lowest BCUT2D eigenvalue weighted by Crippen LogP contribution is -2.13. The molecular formula is C13H26O2. The molecule has 0 spiro atoms. The van der Waals surface area contributed by atoms with Crippen LogP contribution in [0.2, 0.25) is 0 Å². The number of unbranched alkanes of at least 4 members (excludes halogenated alkanes) is 5. The molecule has 1 heterocycles. The van der Waals surface area contributed by atoms with Crippen molar-refractivity contribution in [2.45, 2.75) is 84.2 Å². The van der Waals surface area contributed by atoms with Crippen LogP contribution < -0.4 is 0 Å². The van der Waals surface area contributed by atoms with Crippen molar-refractivity contribution in [3.05, 3.63) is 0 Å². The molecule has 0 radical (unpaired) electrons. The maximum Gasteiger partial charge on any atom is 0.158 e. The summed E-state index contributed by atoms with van der Waals surface area (Å²) in [5.41, 5.74) is 0. The van der Waals surface area contributed by atoms with E-state index in [-0.39, 0.29) is 18.5 Å². The maximum absolute atomic E-state index is 5.68. The van der Waals surface area contributed by atoms with Crippen LogP contribution in [0.3, 0.4) is 0 Å². The molecule has 0 saturated carbocycles. The average Bonchev–Trinajstić information content (AvgIpc) is 2.52. The average molecular weight is 214 g/mol. The molecule has 2 atom stereocenters. The highest BCUT2D eigenvalue weighted by Gasteiger charge is 2.28. The fourth-order valence-corrected chi connectivity index (χ4v) is 1.96. The molecule has 1 rings (SSSR count). The van der Waals surface area contributed by atoms with E-state index in [9.17, 15) is 0 Å². The molecule has 90 valence electrons. The van der Waals surface area contributed by atoms with Crippen molar-refractivity contribution in [2.75, 3.05) is 0 Å². The van der Waals surface area contributed by atoms with Crippen LogP contribution in [0.15, 0.2) is 0 Å². The Morgan fingerprint density at radius 2 is 1.33 bits per heavy atom. The lowest BCUT2D eigenvalue weighted by molar-refractivity contribution is -0.0681. The van der Waals surface area contributed by atoms with Crippen molar-refractivity contribution in [1.82, 2.24) is 0 Å². The summed E-state index contributed by atoms with van der Waals surface area (Å²) in [5, 5.41) is 0. The summed E-state index contributed by atoms with van der Waals surface area (Å²) in [6, 6.07) is 0. The molecule has 2 unspecified atom stereocenters. The van der Waals surface area contributed by atoms with Gasteiger partial charge in [0.1, 0.15) is 0 Å². The van der Waals surface area contributed by atoms with Gasteiger partial charge in [0.2, 0.25) is 0 Å². The first-order chi connectivity index (χ1) is 7.24. The van der Waals surface area contributed by atoms with E-state index in [2.05, 4.69) is 20.8 Å². The predicted octanol–water partition coefficient (Wildman–Crippen LogP) is 3.89. The number of hydrogen-bond donors (Lipinski definition) is 0. The normalized spacial score (nSPS) is 31.0. The Labute approximate surface area is 94.3 Å². The molecule has 1 saturated heterocycles. The maximum atomic E-state index is 5.68. The van der Waals surface area contributed by atoms with E-state index in [0.717, 1.165) is 6.42 Å². The zero-order valence-corrected chi connectivity index (χ0v) is 10.5. The molecular weight excluding hydrogens is 188 g/mol. The van der Waals surface area contributed by atoms with Crippen LogP contribution in [0.4, 0.5) is 0 Å². The van der Waals surface area contributed by atoms with Crippen LogP contribution >= 0.6 is 0 Å². The molecule has 1 aliphatic heterocycles. The summed E-state index contributed by atoms with van der Waals surface area (Å²) in [4.78, 5) is 0. The Morgan fingerprint density at radius 3 is 1.93 bits per heavy atom. The summed E-state index contributed by atoms with van der Waals surface area (Å²) in [7, 11) is 0. The SMILES string of the molecule is CCCCCCCCC1OC(C)C(C)O1. The van der Waals surface area contributed by atoms with Crippen molar-refractivity contribution < 1.29 is 9.47 Å². The van der Waals surface area contributed by atoms with E-state index in [0.29, 0.717) is 0 Å². The first kappa shape index (κ1) is 13.0. The van der Waals surface area contributed by atoms with Gasteiger partial charge in [-0.2, -0.15) is 0 Å². The molecule has 0 aromatic heterocycles. The Hall–Kier alpha value is -0.0800. The van der Waals surface area contributed by atoms with Crippen molar-refractivity contribution in [2.24, 2.45) is 0 Å². The monoisotopic (exact) mass is 214 g/mol. The molecule has 0 N–H and O–H groups in total. The van der Waals surface area contributed by atoms with E-state index in [1.165, 1.54) is 38.5 Å². The van der Waals surface area contributed by atoms with Gasteiger partial charge in [0, 0.05) is 0 Å². The Bertz CT molecular complexity index is 149. The van der Waals surface area contributed by atoms with Gasteiger partial charge < -0.3 is 9.47 Å². The van der Waals surface area contributed by atoms with E-state index in [1.807, 2.05) is 0 Å². The fourth-order valence-electron chi connectivity index (χ4n) is 1.96. The van der Waals surface area contributed by atoms with Crippen LogP contribution in [-0.4, -0.2) is 18.5 Å². The minimum atomic E-state index is 0.0705. The number of rotatable bonds is 7. The third kappa shape index (κ3) is 4.98. The molecule has 0 bridgehead atoms. The molecule has 2 nitrogen and oxygen atoms in total. The van der Waals surface area contributed by atoms with Crippen molar-refractivity contribution in [3.8, 4) is 0 Å². The molecule has 0 aromatic carbocycles. The summed E-state index contributed by atoms with van der Waals surface area (Å²) < 4.78 is 11.4. The van der Waals surface area contributed by atoms with Gasteiger partial charge >= 0.3 is 0 Å². The second-order valence-corrected chi connectivity index (χ2v) is 4.67. The quantitative estimate of drug-likeness (QED) is 0.599. The van der Waals surface area contributed by atoms with Crippen LogP contribution in [0, 0.1) is 0 Å². The lowest BCUT2D eigenvalue weighted by Gasteiger charge is -2.09. The van der Waals surface area contributed by atoms with Crippen molar-refractivity contribution in [3.63, 3.8) is 0 Å². The van der Waals surface area contributed by atoms with Gasteiger partial charge in [-0.1, -0.05) is 39.0 Å². The minimum absolute atomic E-state index is 0.0705. The summed E-state index contributed by atoms with van der Waals surface area (Å²) >= 11 is 0. The highest BCUT2D eigenvalue weighted by molar-refractivity contribution is 4.69. The second-order valence-electron chi connectivity index (χ2n) is 4.67. The summed E-state index contributed by atoms with van der Waals surface area (Å²) in [6.45, 7) is 6.43. The van der Waals surface area contributed by atoms with Gasteiger partial charge in [0.05, 0.1) is 12.2 Å². The standard InChI is InChI=1S/C13H26O2/c1-4-5-6-7-8-9-10-13-14-11(2)12(3)15-13/h11-13H,4-10H2,1-3H3. The van der Waals surface area contributed by atoms with Gasteiger partial charge in [-0.3, -0.25) is 0 Å². The smallest absolute Gasteiger partial charge is 0.158 e. The predicted molar refractivity (Wildman–Crippen MR) is 62.9 cm³/mol. The zero-order valence-electron chi connectivity index (χ0n) is 10.5. The first-order valence-electron chi connectivity index (χ1n) is 6.55. The first-order valence-corrected chi connectivity index (χ1v) is 6.55. The van der Waals surface area contributed by atoms with Crippen molar-refractivity contribution >= 4 is 0 Å². The Kier molecular flexibility index (Phi) is 6.26. The van der Waals surface area contributed by atoms with Crippen molar-refractivity contribution in [1.29, 1.82) is 0 Å². The van der Waals surface area contributed by atoms with Gasteiger partial charge in [0.15, 0.2) is 6.29 Å². The third-order valence-corrected chi connectivity index (χ3v) is 3.19. The van der Waals surface area contributed by atoms with Gasteiger partial charge in [-0.05, 0) is 26.7 Å². The Balaban J connectivity index is 1.92. The molecule has 0 aromatic rings.